The molecule has 3 saturated carbocycles. The third-order valence-electron chi connectivity index (χ3n) is 6.98. The van der Waals surface area contributed by atoms with Gasteiger partial charge in [-0.15, -0.1) is 0 Å². The molecule has 5 heteroatoms. The minimum absolute atomic E-state index is 0.217. The Morgan fingerprint density at radius 2 is 1.19 bits per heavy atom. The first-order valence-electron chi connectivity index (χ1n) is 9.32. The molecule has 3 aliphatic carbocycles. The Balaban J connectivity index is 1.45. The lowest BCUT2D eigenvalue weighted by atomic mass is 9.72. The Kier molecular flexibility index (Phi) is 4.16. The van der Waals surface area contributed by atoms with E-state index in [1.54, 1.807) is 12.1 Å². The summed E-state index contributed by atoms with van der Waals surface area (Å²) in [5, 5.41) is 2.60. The van der Waals surface area contributed by atoms with Gasteiger partial charge < -0.3 is 0 Å². The summed E-state index contributed by atoms with van der Waals surface area (Å²) in [6.45, 7) is 0. The molecule has 0 aliphatic heterocycles. The minimum Gasteiger partial charge on any atom is -0.298 e. The maximum Gasteiger partial charge on any atom is 0.146 e. The van der Waals surface area contributed by atoms with Crippen molar-refractivity contribution in [2.24, 2.45) is 10.8 Å². The molecule has 2 spiro atoms. The van der Waals surface area contributed by atoms with Gasteiger partial charge >= 0.3 is 0 Å². The summed E-state index contributed by atoms with van der Waals surface area (Å²) in [6.07, 6.45) is 4.79. The largest absolute Gasteiger partial charge is 0.298 e. The van der Waals surface area contributed by atoms with Crippen molar-refractivity contribution in [1.82, 2.24) is 0 Å². The van der Waals surface area contributed by atoms with Crippen LogP contribution in [0.3, 0.4) is 0 Å². The minimum atomic E-state index is -0.247. The molecule has 27 heavy (non-hydrogen) atoms. The normalized spacial score (nSPS) is 34.3. The molecule has 0 aromatic heterocycles. The van der Waals surface area contributed by atoms with Crippen LogP contribution < -0.4 is 0 Å². The van der Waals surface area contributed by atoms with Crippen LogP contribution in [0.2, 0.25) is 20.1 Å². The number of carbonyl (C=O) groups is 1. The molecule has 0 bridgehead atoms. The average molecular weight is 440 g/mol. The highest BCUT2D eigenvalue weighted by molar-refractivity contribution is 6.35. The van der Waals surface area contributed by atoms with Gasteiger partial charge in [-0.1, -0.05) is 65.0 Å². The molecular weight excluding hydrogens is 422 g/mol. The zero-order chi connectivity index (χ0) is 19.0. The van der Waals surface area contributed by atoms with Crippen LogP contribution in [0.25, 0.3) is 0 Å². The first-order valence-corrected chi connectivity index (χ1v) is 10.8. The number of rotatable bonds is 2. The van der Waals surface area contributed by atoms with E-state index in [-0.39, 0.29) is 22.7 Å². The second-order valence-corrected chi connectivity index (χ2v) is 10.0. The van der Waals surface area contributed by atoms with Gasteiger partial charge in [0.2, 0.25) is 0 Å². The van der Waals surface area contributed by atoms with E-state index >= 15 is 0 Å². The van der Waals surface area contributed by atoms with Gasteiger partial charge in [0.05, 0.1) is 0 Å². The van der Waals surface area contributed by atoms with Gasteiger partial charge in [0.15, 0.2) is 0 Å². The van der Waals surface area contributed by atoms with E-state index in [9.17, 15) is 4.79 Å². The van der Waals surface area contributed by atoms with Crippen molar-refractivity contribution in [3.63, 3.8) is 0 Å². The number of benzene rings is 2. The van der Waals surface area contributed by atoms with Gasteiger partial charge in [0, 0.05) is 30.9 Å². The molecule has 0 saturated heterocycles. The van der Waals surface area contributed by atoms with Crippen LogP contribution in [-0.4, -0.2) is 5.78 Å². The number of hydrogen-bond donors (Lipinski definition) is 0. The molecule has 4 atom stereocenters. The lowest BCUT2D eigenvalue weighted by Gasteiger charge is -2.30. The second kappa shape index (κ2) is 6.13. The predicted octanol–water partition coefficient (Wildman–Crippen LogP) is 7.70. The van der Waals surface area contributed by atoms with Crippen LogP contribution in [0.5, 0.6) is 0 Å². The number of hydrogen-bond acceptors (Lipinski definition) is 1. The Morgan fingerprint density at radius 1 is 0.741 bits per heavy atom. The van der Waals surface area contributed by atoms with Crippen LogP contribution in [0.4, 0.5) is 0 Å². The quantitative estimate of drug-likeness (QED) is 0.468. The van der Waals surface area contributed by atoms with E-state index in [2.05, 4.69) is 0 Å². The summed E-state index contributed by atoms with van der Waals surface area (Å²) in [4.78, 5) is 13.7. The fourth-order valence-electron chi connectivity index (χ4n) is 5.49. The number of carbonyl (C=O) groups excluding carboxylic acids is 1. The maximum absolute atomic E-state index is 13.7. The van der Waals surface area contributed by atoms with Gasteiger partial charge in [-0.05, 0) is 72.9 Å². The summed E-state index contributed by atoms with van der Waals surface area (Å²) in [6, 6.07) is 11.3. The van der Waals surface area contributed by atoms with Crippen LogP contribution in [0.15, 0.2) is 36.4 Å². The van der Waals surface area contributed by atoms with Crippen molar-refractivity contribution in [3.05, 3.63) is 67.6 Å². The lowest BCUT2D eigenvalue weighted by molar-refractivity contribution is -0.132. The molecular formula is C22H18Cl4O. The van der Waals surface area contributed by atoms with E-state index < -0.39 is 0 Å². The molecule has 3 fully saturated rings. The topological polar surface area (TPSA) is 17.1 Å². The summed E-state index contributed by atoms with van der Waals surface area (Å²) < 4.78 is 0. The van der Waals surface area contributed by atoms with Gasteiger partial charge in [0.1, 0.15) is 5.78 Å². The smallest absolute Gasteiger partial charge is 0.146 e. The first kappa shape index (κ1) is 18.3. The van der Waals surface area contributed by atoms with E-state index in [4.69, 9.17) is 46.4 Å². The van der Waals surface area contributed by atoms with Gasteiger partial charge in [-0.2, -0.15) is 0 Å². The molecule has 0 amide bonds. The predicted molar refractivity (Wildman–Crippen MR) is 111 cm³/mol. The molecule has 3 aliphatic rings. The summed E-state index contributed by atoms with van der Waals surface area (Å²) in [7, 11) is 0. The van der Waals surface area contributed by atoms with Crippen molar-refractivity contribution in [1.29, 1.82) is 0 Å². The maximum atomic E-state index is 13.7. The average Bonchev–Trinajstić information content (AvgIpc) is 3.50. The van der Waals surface area contributed by atoms with Crippen LogP contribution in [0.1, 0.15) is 55.1 Å². The van der Waals surface area contributed by atoms with Crippen molar-refractivity contribution < 1.29 is 4.79 Å². The number of ketones is 1. The first-order chi connectivity index (χ1) is 12.9. The van der Waals surface area contributed by atoms with Crippen molar-refractivity contribution in [2.75, 3.05) is 0 Å². The molecule has 2 aromatic rings. The van der Waals surface area contributed by atoms with Gasteiger partial charge in [-0.25, -0.2) is 0 Å². The van der Waals surface area contributed by atoms with Gasteiger partial charge in [-0.3, -0.25) is 4.79 Å². The Bertz CT molecular complexity index is 895. The molecule has 0 radical (unpaired) electrons. The Labute approximate surface area is 178 Å². The monoisotopic (exact) mass is 438 g/mol. The third kappa shape index (κ3) is 2.69. The Morgan fingerprint density at radius 3 is 1.59 bits per heavy atom. The van der Waals surface area contributed by atoms with Crippen molar-refractivity contribution >= 4 is 52.2 Å². The van der Waals surface area contributed by atoms with E-state index in [0.717, 1.165) is 43.2 Å². The summed E-state index contributed by atoms with van der Waals surface area (Å²) in [5.41, 5.74) is 1.63. The van der Waals surface area contributed by atoms with Crippen molar-refractivity contribution in [2.45, 2.75) is 43.9 Å². The summed E-state index contributed by atoms with van der Waals surface area (Å²) in [5.74, 6) is 0.857. The molecule has 2 aromatic carbocycles. The van der Waals surface area contributed by atoms with Gasteiger partial charge in [0.25, 0.3) is 0 Å². The molecule has 1 nitrogen and oxygen atoms in total. The highest BCUT2D eigenvalue weighted by Crippen LogP contribution is 2.76. The number of Topliss-reactive ketones (excluding diaryl/α,β-unsaturated/α-hetero) is 1. The van der Waals surface area contributed by atoms with E-state index in [0.29, 0.717) is 25.9 Å². The van der Waals surface area contributed by atoms with E-state index in [1.807, 2.05) is 24.3 Å². The standard InChI is InChI=1S/C22H18Cl4O/c23-12-2-4-14(18(25)8-12)16-10-21(16)6-1-7-22(20(21)27)11-17(22)15-5-3-13(24)9-19(15)26/h2-5,8-9,16-17H,1,6-7,10-11H2. The van der Waals surface area contributed by atoms with Crippen LogP contribution in [0, 0.1) is 10.8 Å². The highest BCUT2D eigenvalue weighted by atomic mass is 35.5. The lowest BCUT2D eigenvalue weighted by Crippen LogP contribution is -2.33. The molecule has 0 N–H and O–H groups in total. The fraction of sp³-hybridized carbons (Fsp3) is 0.409. The molecule has 5 rings (SSSR count). The second-order valence-electron chi connectivity index (χ2n) is 8.34. The zero-order valence-corrected chi connectivity index (χ0v) is 17.6. The Hall–Kier alpha value is -0.730. The van der Waals surface area contributed by atoms with Crippen molar-refractivity contribution in [3.8, 4) is 0 Å². The molecule has 0 heterocycles. The third-order valence-corrected chi connectivity index (χ3v) is 8.10. The SMILES string of the molecule is O=C1C2(CCCC13CC3c1ccc(Cl)cc1Cl)CC2c1ccc(Cl)cc1Cl. The van der Waals surface area contributed by atoms with Crippen LogP contribution in [-0.2, 0) is 4.79 Å². The van der Waals surface area contributed by atoms with Crippen LogP contribution >= 0.6 is 46.4 Å². The summed E-state index contributed by atoms with van der Waals surface area (Å²) >= 11 is 25.0. The number of halogens is 4. The fourth-order valence-corrected chi connectivity index (χ4v) is 6.57. The molecule has 140 valence electrons. The molecule has 4 unspecified atom stereocenters. The highest BCUT2D eigenvalue weighted by Gasteiger charge is 2.72. The van der Waals surface area contributed by atoms with E-state index in [1.165, 1.54) is 0 Å². The zero-order valence-electron chi connectivity index (χ0n) is 14.6.